The molecule has 0 bridgehead atoms. The number of carbonyl (C=O) groups excluding carboxylic acids is 1. The average molecular weight is 327 g/mol. The number of nitrogen functional groups attached to an aromatic ring is 1. The lowest BCUT2D eigenvalue weighted by Crippen LogP contribution is -1.99. The standard InChI is InChI=1S/C12H11BrN2O4/c1-17-10-6(7-4-15-19-12(7)14)3-9(13)8(5-16)11(10)18-2/h3-5H,14H2,1-2H3. The zero-order valence-corrected chi connectivity index (χ0v) is 11.9. The molecular weight excluding hydrogens is 316 g/mol. The number of hydrogen-bond acceptors (Lipinski definition) is 6. The van der Waals surface area contributed by atoms with E-state index in [-0.39, 0.29) is 5.88 Å². The molecule has 2 rings (SSSR count). The number of aldehydes is 1. The molecule has 19 heavy (non-hydrogen) atoms. The fourth-order valence-electron chi connectivity index (χ4n) is 1.79. The predicted octanol–water partition coefficient (Wildman–Crippen LogP) is 2.52. The van der Waals surface area contributed by atoms with Gasteiger partial charge in [-0.2, -0.15) is 0 Å². The molecule has 0 unspecified atom stereocenters. The van der Waals surface area contributed by atoms with Gasteiger partial charge < -0.3 is 19.7 Å². The molecule has 0 aliphatic carbocycles. The summed E-state index contributed by atoms with van der Waals surface area (Å²) in [6.07, 6.45) is 2.16. The van der Waals surface area contributed by atoms with Gasteiger partial charge in [-0.15, -0.1) is 0 Å². The zero-order chi connectivity index (χ0) is 14.0. The van der Waals surface area contributed by atoms with Crippen LogP contribution in [-0.4, -0.2) is 25.7 Å². The molecule has 0 amide bonds. The second-order valence-corrected chi connectivity index (χ2v) is 4.46. The van der Waals surface area contributed by atoms with E-state index in [1.807, 2.05) is 0 Å². The highest BCUT2D eigenvalue weighted by molar-refractivity contribution is 9.10. The first kappa shape index (κ1) is 13.4. The molecule has 6 nitrogen and oxygen atoms in total. The van der Waals surface area contributed by atoms with Crippen LogP contribution < -0.4 is 15.2 Å². The van der Waals surface area contributed by atoms with Crippen LogP contribution in [0, 0.1) is 0 Å². The summed E-state index contributed by atoms with van der Waals surface area (Å²) in [5.41, 5.74) is 7.24. The van der Waals surface area contributed by atoms with Crippen molar-refractivity contribution < 1.29 is 18.8 Å². The number of rotatable bonds is 4. The molecule has 100 valence electrons. The number of halogens is 1. The molecule has 0 radical (unpaired) electrons. The highest BCUT2D eigenvalue weighted by Gasteiger charge is 2.22. The highest BCUT2D eigenvalue weighted by Crippen LogP contribution is 2.44. The van der Waals surface area contributed by atoms with Crippen LogP contribution in [0.3, 0.4) is 0 Å². The smallest absolute Gasteiger partial charge is 0.230 e. The minimum absolute atomic E-state index is 0.158. The largest absolute Gasteiger partial charge is 0.492 e. The Balaban J connectivity index is 2.79. The Bertz CT molecular complexity index is 624. The van der Waals surface area contributed by atoms with E-state index in [0.29, 0.717) is 38.9 Å². The van der Waals surface area contributed by atoms with Gasteiger partial charge in [0.05, 0.1) is 31.5 Å². The molecule has 0 saturated carbocycles. The average Bonchev–Trinajstić information content (AvgIpc) is 2.83. The quantitative estimate of drug-likeness (QED) is 0.868. The first-order valence-corrected chi connectivity index (χ1v) is 6.03. The summed E-state index contributed by atoms with van der Waals surface area (Å²) in [5, 5.41) is 3.62. The number of benzene rings is 1. The molecular formula is C12H11BrN2O4. The van der Waals surface area contributed by atoms with E-state index in [2.05, 4.69) is 21.1 Å². The molecule has 1 heterocycles. The third kappa shape index (κ3) is 2.17. The number of nitrogens with zero attached hydrogens (tertiary/aromatic N) is 1. The Kier molecular flexibility index (Phi) is 3.75. The number of anilines is 1. The van der Waals surface area contributed by atoms with Gasteiger partial charge in [-0.1, -0.05) is 5.16 Å². The van der Waals surface area contributed by atoms with Gasteiger partial charge in [-0.25, -0.2) is 0 Å². The number of methoxy groups -OCH3 is 2. The topological polar surface area (TPSA) is 87.6 Å². The Hall–Kier alpha value is -2.02. The van der Waals surface area contributed by atoms with E-state index >= 15 is 0 Å². The second-order valence-electron chi connectivity index (χ2n) is 3.61. The molecule has 1 aromatic carbocycles. The van der Waals surface area contributed by atoms with Gasteiger partial charge in [0.25, 0.3) is 0 Å². The van der Waals surface area contributed by atoms with Gasteiger partial charge >= 0.3 is 0 Å². The van der Waals surface area contributed by atoms with Gasteiger partial charge in [0.15, 0.2) is 17.8 Å². The molecule has 1 aromatic heterocycles. The lowest BCUT2D eigenvalue weighted by molar-refractivity contribution is 0.111. The summed E-state index contributed by atoms with van der Waals surface area (Å²) in [6.45, 7) is 0. The normalized spacial score (nSPS) is 10.3. The van der Waals surface area contributed by atoms with Crippen molar-refractivity contribution in [3.05, 3.63) is 22.3 Å². The van der Waals surface area contributed by atoms with Crippen molar-refractivity contribution in [2.24, 2.45) is 0 Å². The first-order valence-electron chi connectivity index (χ1n) is 5.24. The van der Waals surface area contributed by atoms with Gasteiger partial charge in [0, 0.05) is 10.0 Å². The van der Waals surface area contributed by atoms with Crippen molar-refractivity contribution in [3.63, 3.8) is 0 Å². The van der Waals surface area contributed by atoms with Crippen LogP contribution in [0.5, 0.6) is 11.5 Å². The van der Waals surface area contributed by atoms with Crippen molar-refractivity contribution in [2.45, 2.75) is 0 Å². The number of nitrogens with two attached hydrogens (primary N) is 1. The summed E-state index contributed by atoms with van der Waals surface area (Å²) < 4.78 is 16.0. The second kappa shape index (κ2) is 5.31. The van der Waals surface area contributed by atoms with E-state index in [1.54, 1.807) is 6.07 Å². The van der Waals surface area contributed by atoms with Gasteiger partial charge in [0.2, 0.25) is 5.88 Å². The van der Waals surface area contributed by atoms with Crippen LogP contribution in [0.25, 0.3) is 11.1 Å². The van der Waals surface area contributed by atoms with E-state index in [4.69, 9.17) is 19.7 Å². The number of aromatic nitrogens is 1. The monoisotopic (exact) mass is 326 g/mol. The van der Waals surface area contributed by atoms with Gasteiger partial charge in [-0.3, -0.25) is 4.79 Å². The van der Waals surface area contributed by atoms with Gasteiger partial charge in [-0.05, 0) is 22.0 Å². The van der Waals surface area contributed by atoms with E-state index in [1.165, 1.54) is 20.4 Å². The predicted molar refractivity (Wildman–Crippen MR) is 72.5 cm³/mol. The van der Waals surface area contributed by atoms with Crippen molar-refractivity contribution >= 4 is 28.1 Å². The minimum Gasteiger partial charge on any atom is -0.492 e. The van der Waals surface area contributed by atoms with Crippen molar-refractivity contribution in [3.8, 4) is 22.6 Å². The van der Waals surface area contributed by atoms with Crippen molar-refractivity contribution in [1.29, 1.82) is 0 Å². The summed E-state index contributed by atoms with van der Waals surface area (Å²) in [4.78, 5) is 11.1. The van der Waals surface area contributed by atoms with Crippen LogP contribution in [0.4, 0.5) is 5.88 Å². The molecule has 0 aliphatic heterocycles. The van der Waals surface area contributed by atoms with Gasteiger partial charge in [0.1, 0.15) is 0 Å². The fourth-order valence-corrected chi connectivity index (χ4v) is 2.29. The van der Waals surface area contributed by atoms with E-state index in [0.717, 1.165) is 0 Å². The van der Waals surface area contributed by atoms with Crippen LogP contribution in [-0.2, 0) is 0 Å². The maximum absolute atomic E-state index is 11.1. The third-order valence-corrected chi connectivity index (χ3v) is 3.29. The molecule has 0 fully saturated rings. The Morgan fingerprint density at radius 3 is 2.47 bits per heavy atom. The molecule has 0 spiro atoms. The molecule has 0 saturated heterocycles. The fraction of sp³-hybridized carbons (Fsp3) is 0.167. The van der Waals surface area contributed by atoms with Crippen LogP contribution >= 0.6 is 15.9 Å². The zero-order valence-electron chi connectivity index (χ0n) is 10.3. The summed E-state index contributed by atoms with van der Waals surface area (Å²) >= 11 is 3.31. The van der Waals surface area contributed by atoms with E-state index < -0.39 is 0 Å². The molecule has 2 N–H and O–H groups in total. The number of hydrogen-bond donors (Lipinski definition) is 1. The maximum Gasteiger partial charge on any atom is 0.230 e. The lowest BCUT2D eigenvalue weighted by Gasteiger charge is -2.15. The van der Waals surface area contributed by atoms with E-state index in [9.17, 15) is 4.79 Å². The van der Waals surface area contributed by atoms with Crippen LogP contribution in [0.2, 0.25) is 0 Å². The molecule has 0 atom stereocenters. The Morgan fingerprint density at radius 2 is 2.00 bits per heavy atom. The molecule has 0 aliphatic rings. The minimum atomic E-state index is 0.158. The SMILES string of the molecule is COc1c(-c2cnoc2N)cc(Br)c(C=O)c1OC. The lowest BCUT2D eigenvalue weighted by atomic mass is 10.0. The Morgan fingerprint density at radius 1 is 1.32 bits per heavy atom. The van der Waals surface area contributed by atoms with Crippen molar-refractivity contribution in [2.75, 3.05) is 20.0 Å². The number of ether oxygens (including phenoxy) is 2. The summed E-state index contributed by atoms with van der Waals surface area (Å²) in [5.74, 6) is 0.872. The Labute approximate surface area is 117 Å². The van der Waals surface area contributed by atoms with Crippen molar-refractivity contribution in [1.82, 2.24) is 5.16 Å². The summed E-state index contributed by atoms with van der Waals surface area (Å²) in [6, 6.07) is 1.70. The molecule has 2 aromatic rings. The number of carbonyl (C=O) groups is 1. The first-order chi connectivity index (χ1) is 9.13. The maximum atomic E-state index is 11.1. The summed E-state index contributed by atoms with van der Waals surface area (Å²) in [7, 11) is 2.94. The highest BCUT2D eigenvalue weighted by atomic mass is 79.9. The van der Waals surface area contributed by atoms with Crippen LogP contribution in [0.1, 0.15) is 10.4 Å². The third-order valence-electron chi connectivity index (χ3n) is 2.64. The molecule has 7 heteroatoms. The van der Waals surface area contributed by atoms with Crippen LogP contribution in [0.15, 0.2) is 21.3 Å².